The van der Waals surface area contributed by atoms with E-state index in [1.807, 2.05) is 18.2 Å². The number of amides is 1. The number of hydrogen-bond donors (Lipinski definition) is 1. The van der Waals surface area contributed by atoms with Crippen LogP contribution in [0.4, 0.5) is 10.1 Å². The highest BCUT2D eigenvalue weighted by Crippen LogP contribution is 2.24. The van der Waals surface area contributed by atoms with Crippen molar-refractivity contribution in [3.05, 3.63) is 72.1 Å². The molecule has 1 amide bonds. The largest absolute Gasteiger partial charge is 0.325 e. The molecule has 1 aromatic heterocycles. The highest BCUT2D eigenvalue weighted by Gasteiger charge is 2.11. The smallest absolute Gasteiger partial charge is 0.234 e. The van der Waals surface area contributed by atoms with Crippen molar-refractivity contribution in [2.45, 2.75) is 18.4 Å². The lowest BCUT2D eigenvalue weighted by Gasteiger charge is -2.11. The van der Waals surface area contributed by atoms with Gasteiger partial charge in [0.15, 0.2) is 5.78 Å². The molecule has 2 aromatic carbocycles. The van der Waals surface area contributed by atoms with Crippen LogP contribution in [-0.4, -0.2) is 32.2 Å². The summed E-state index contributed by atoms with van der Waals surface area (Å²) in [6.45, 7) is 1.86. The average molecular weight is 384 g/mol. The summed E-state index contributed by atoms with van der Waals surface area (Å²) in [4.78, 5) is 27.8. The van der Waals surface area contributed by atoms with E-state index >= 15 is 0 Å². The van der Waals surface area contributed by atoms with E-state index in [1.54, 1.807) is 23.1 Å². The van der Waals surface area contributed by atoms with Gasteiger partial charge in [0, 0.05) is 16.1 Å². The number of carbonyl (C=O) groups excluding carboxylic acids is 2. The maximum Gasteiger partial charge on any atom is 0.234 e. The minimum Gasteiger partial charge on any atom is -0.325 e. The number of benzene rings is 2. The van der Waals surface area contributed by atoms with E-state index in [0.717, 1.165) is 17.3 Å². The molecular formula is C19H17FN4O2S. The molecule has 0 radical (unpaired) electrons. The van der Waals surface area contributed by atoms with Crippen molar-refractivity contribution in [1.29, 1.82) is 0 Å². The Morgan fingerprint density at radius 1 is 1.22 bits per heavy atom. The van der Waals surface area contributed by atoms with E-state index in [1.165, 1.54) is 25.4 Å². The zero-order chi connectivity index (χ0) is 19.2. The van der Waals surface area contributed by atoms with Crippen LogP contribution in [0, 0.1) is 5.82 Å². The summed E-state index contributed by atoms with van der Waals surface area (Å²) in [6, 6.07) is 11.7. The van der Waals surface area contributed by atoms with Gasteiger partial charge in [-0.25, -0.2) is 14.1 Å². The van der Waals surface area contributed by atoms with Gasteiger partial charge in [-0.15, -0.1) is 11.8 Å². The van der Waals surface area contributed by atoms with Crippen LogP contribution >= 0.6 is 11.8 Å². The number of aromatic nitrogens is 3. The van der Waals surface area contributed by atoms with Crippen molar-refractivity contribution >= 4 is 29.1 Å². The minimum absolute atomic E-state index is 0.0496. The molecule has 0 aliphatic heterocycles. The summed E-state index contributed by atoms with van der Waals surface area (Å²) >= 11 is 1.08. The summed E-state index contributed by atoms with van der Waals surface area (Å²) in [5.74, 6) is -0.908. The molecule has 27 heavy (non-hydrogen) atoms. The normalized spacial score (nSPS) is 10.6. The Balaban J connectivity index is 1.62. The van der Waals surface area contributed by atoms with Crippen molar-refractivity contribution in [3.8, 4) is 0 Å². The van der Waals surface area contributed by atoms with Gasteiger partial charge >= 0.3 is 0 Å². The van der Waals surface area contributed by atoms with E-state index in [9.17, 15) is 14.0 Å². The molecule has 1 N–H and O–H groups in total. The van der Waals surface area contributed by atoms with E-state index < -0.39 is 5.82 Å². The Labute approximate surface area is 159 Å². The number of para-hydroxylation sites is 1. The molecule has 0 bridgehead atoms. The van der Waals surface area contributed by atoms with Gasteiger partial charge in [0.2, 0.25) is 5.91 Å². The number of nitrogens with zero attached hydrogens (tertiary/aromatic N) is 3. The van der Waals surface area contributed by atoms with Crippen LogP contribution in [0.25, 0.3) is 0 Å². The first kappa shape index (κ1) is 18.8. The zero-order valence-electron chi connectivity index (χ0n) is 14.6. The maximum absolute atomic E-state index is 14.0. The summed E-state index contributed by atoms with van der Waals surface area (Å²) < 4.78 is 15.7. The Bertz CT molecular complexity index is 960. The molecule has 0 saturated carbocycles. The van der Waals surface area contributed by atoms with Crippen molar-refractivity contribution in [1.82, 2.24) is 14.8 Å². The number of rotatable bonds is 7. The van der Waals surface area contributed by atoms with Crippen molar-refractivity contribution < 1.29 is 14.0 Å². The molecule has 138 valence electrons. The molecule has 1 heterocycles. The van der Waals surface area contributed by atoms with Gasteiger partial charge in [-0.2, -0.15) is 5.10 Å². The molecule has 3 aromatic rings. The molecule has 8 heteroatoms. The number of anilines is 1. The van der Waals surface area contributed by atoms with E-state index in [0.29, 0.717) is 22.7 Å². The fourth-order valence-corrected chi connectivity index (χ4v) is 3.16. The molecule has 0 fully saturated rings. The Morgan fingerprint density at radius 3 is 2.74 bits per heavy atom. The van der Waals surface area contributed by atoms with Gasteiger partial charge in [0.1, 0.15) is 18.5 Å². The second kappa shape index (κ2) is 8.59. The second-order valence-electron chi connectivity index (χ2n) is 5.79. The predicted octanol–water partition coefficient (Wildman–Crippen LogP) is 3.40. The molecule has 0 spiro atoms. The fraction of sp³-hybridized carbons (Fsp3) is 0.158. The molecule has 6 nitrogen and oxygen atoms in total. The van der Waals surface area contributed by atoms with Gasteiger partial charge in [0.25, 0.3) is 0 Å². The van der Waals surface area contributed by atoms with E-state index in [4.69, 9.17) is 0 Å². The van der Waals surface area contributed by atoms with Gasteiger partial charge < -0.3 is 5.32 Å². The monoisotopic (exact) mass is 384 g/mol. The van der Waals surface area contributed by atoms with Crippen molar-refractivity contribution in [3.63, 3.8) is 0 Å². The number of halogens is 1. The summed E-state index contributed by atoms with van der Waals surface area (Å²) in [6.07, 6.45) is 3.05. The summed E-state index contributed by atoms with van der Waals surface area (Å²) in [5.41, 5.74) is 1.87. The number of hydrogen-bond acceptors (Lipinski definition) is 5. The number of nitrogens with one attached hydrogen (secondary N) is 1. The first-order valence-corrected chi connectivity index (χ1v) is 9.15. The Hall–Kier alpha value is -3.00. The number of thioether (sulfide) groups is 1. The van der Waals surface area contributed by atoms with E-state index in [2.05, 4.69) is 15.4 Å². The quantitative estimate of drug-likeness (QED) is 0.499. The third kappa shape index (κ3) is 5.01. The zero-order valence-corrected chi connectivity index (χ0v) is 15.4. The Morgan fingerprint density at radius 2 is 2.04 bits per heavy atom. The molecule has 3 rings (SSSR count). The third-order valence-electron chi connectivity index (χ3n) is 3.79. The van der Waals surface area contributed by atoms with Gasteiger partial charge in [-0.3, -0.25) is 9.59 Å². The fourth-order valence-electron chi connectivity index (χ4n) is 2.44. The topological polar surface area (TPSA) is 76.9 Å². The van der Waals surface area contributed by atoms with Crippen LogP contribution in [0.15, 0.2) is 60.0 Å². The molecule has 0 aliphatic carbocycles. The van der Waals surface area contributed by atoms with E-state index in [-0.39, 0.29) is 17.4 Å². The average Bonchev–Trinajstić information content (AvgIpc) is 3.15. The van der Waals surface area contributed by atoms with Crippen LogP contribution in [0.2, 0.25) is 0 Å². The highest BCUT2D eigenvalue weighted by molar-refractivity contribution is 8.00. The Kier molecular flexibility index (Phi) is 5.97. The SMILES string of the molecule is CC(=O)c1ccc(SCC(=O)Nc2ccccc2Cn2cncn2)c(F)c1. The molecular weight excluding hydrogens is 367 g/mol. The summed E-state index contributed by atoms with van der Waals surface area (Å²) in [5, 5.41) is 6.90. The number of carbonyl (C=O) groups is 2. The van der Waals surface area contributed by atoms with Crippen LogP contribution < -0.4 is 5.32 Å². The molecule has 0 aliphatic rings. The van der Waals surface area contributed by atoms with Gasteiger partial charge in [-0.05, 0) is 30.7 Å². The third-order valence-corrected chi connectivity index (χ3v) is 4.84. The standard InChI is InChI=1S/C19H17FN4O2S/c1-13(25)14-6-7-18(16(20)8-14)27-10-19(26)23-17-5-3-2-4-15(17)9-24-12-21-11-22-24/h2-8,11-12H,9-10H2,1H3,(H,23,26). The maximum atomic E-state index is 14.0. The lowest BCUT2D eigenvalue weighted by Crippen LogP contribution is -2.16. The lowest BCUT2D eigenvalue weighted by atomic mass is 10.1. The summed E-state index contributed by atoms with van der Waals surface area (Å²) in [7, 11) is 0. The highest BCUT2D eigenvalue weighted by atomic mass is 32.2. The minimum atomic E-state index is -0.507. The van der Waals surface area contributed by atoms with Crippen molar-refractivity contribution in [2.75, 3.05) is 11.1 Å². The first-order chi connectivity index (χ1) is 13.0. The van der Waals surface area contributed by atoms with Gasteiger partial charge in [-0.1, -0.05) is 24.3 Å². The predicted molar refractivity (Wildman–Crippen MR) is 101 cm³/mol. The lowest BCUT2D eigenvalue weighted by molar-refractivity contribution is -0.113. The van der Waals surface area contributed by atoms with Crippen LogP contribution in [-0.2, 0) is 11.3 Å². The van der Waals surface area contributed by atoms with Crippen molar-refractivity contribution in [2.24, 2.45) is 0 Å². The number of Topliss-reactive ketones (excluding diaryl/α,β-unsaturated/α-hetero) is 1. The molecule has 0 atom stereocenters. The van der Waals surface area contributed by atoms with Crippen LogP contribution in [0.5, 0.6) is 0 Å². The van der Waals surface area contributed by atoms with Crippen LogP contribution in [0.3, 0.4) is 0 Å². The van der Waals surface area contributed by atoms with Crippen LogP contribution in [0.1, 0.15) is 22.8 Å². The van der Waals surface area contributed by atoms with Gasteiger partial charge in [0.05, 0.1) is 12.3 Å². The molecule has 0 saturated heterocycles. The molecule has 0 unspecified atom stereocenters. The number of ketones is 1. The second-order valence-corrected chi connectivity index (χ2v) is 6.81. The first-order valence-electron chi connectivity index (χ1n) is 8.16.